The smallest absolute Gasteiger partial charge is 0.195 e. The van der Waals surface area contributed by atoms with Crippen molar-refractivity contribution in [3.05, 3.63) is 24.0 Å². The van der Waals surface area contributed by atoms with E-state index in [0.717, 1.165) is 0 Å². The van der Waals surface area contributed by atoms with E-state index in [1.807, 2.05) is 0 Å². The molecule has 1 aliphatic heterocycles. The average molecular weight is 162 g/mol. The van der Waals surface area contributed by atoms with E-state index >= 15 is 0 Å². The van der Waals surface area contributed by atoms with Crippen LogP contribution < -0.4 is 4.74 Å². The van der Waals surface area contributed by atoms with Crippen LogP contribution in [0.25, 0.3) is 0 Å². The van der Waals surface area contributed by atoms with E-state index in [1.165, 1.54) is 6.20 Å². The maximum absolute atomic E-state index is 11.2. The first-order valence-electron chi connectivity index (χ1n) is 3.51. The van der Waals surface area contributed by atoms with Crippen molar-refractivity contribution in [2.24, 2.45) is 0 Å². The van der Waals surface area contributed by atoms with Gasteiger partial charge in [0.2, 0.25) is 0 Å². The molecule has 1 aromatic rings. The minimum Gasteiger partial charge on any atom is -0.441 e. The Morgan fingerprint density at radius 1 is 1.58 bits per heavy atom. The first kappa shape index (κ1) is 6.97. The summed E-state index contributed by atoms with van der Waals surface area (Å²) in [7, 11) is 0. The number of hydrogen-bond acceptors (Lipinski definition) is 4. The minimum absolute atomic E-state index is 0.0134. The molecule has 0 radical (unpaired) electrons. The first-order chi connectivity index (χ1) is 5.77. The Kier molecular flexibility index (Phi) is 1.40. The van der Waals surface area contributed by atoms with Crippen molar-refractivity contribution < 1.29 is 9.53 Å². The van der Waals surface area contributed by atoms with Crippen molar-refractivity contribution in [3.63, 3.8) is 0 Å². The van der Waals surface area contributed by atoms with Gasteiger partial charge in [-0.1, -0.05) is 0 Å². The summed E-state index contributed by atoms with van der Waals surface area (Å²) in [4.78, 5) is 15.1. The van der Waals surface area contributed by atoms with Crippen LogP contribution >= 0.6 is 0 Å². The van der Waals surface area contributed by atoms with Crippen LogP contribution in [0.5, 0.6) is 5.75 Å². The summed E-state index contributed by atoms with van der Waals surface area (Å²) in [6.45, 7) is 0. The standard InChI is InChI=1S/C8H6N2O2/c9-7-4-5(11)8-6(12-7)2-1-3-10-8/h1-3,9H,4H2. The van der Waals surface area contributed by atoms with E-state index in [1.54, 1.807) is 12.1 Å². The predicted octanol–water partition coefficient (Wildman–Crippen LogP) is 1.02. The van der Waals surface area contributed by atoms with Gasteiger partial charge in [-0.15, -0.1) is 0 Å². The highest BCUT2D eigenvalue weighted by Crippen LogP contribution is 2.21. The van der Waals surface area contributed by atoms with Crippen molar-refractivity contribution in [2.75, 3.05) is 0 Å². The Bertz CT molecular complexity index is 360. The number of rotatable bonds is 0. The number of ether oxygens (including phenoxy) is 1. The van der Waals surface area contributed by atoms with Gasteiger partial charge in [-0.05, 0) is 12.1 Å². The molecule has 0 fully saturated rings. The van der Waals surface area contributed by atoms with E-state index < -0.39 is 0 Å². The highest BCUT2D eigenvalue weighted by molar-refractivity contribution is 6.10. The van der Waals surface area contributed by atoms with Gasteiger partial charge in [0.15, 0.2) is 17.4 Å². The van der Waals surface area contributed by atoms with Gasteiger partial charge in [0.1, 0.15) is 5.69 Å². The number of carbonyl (C=O) groups excluding carboxylic acids is 1. The minimum atomic E-state index is -0.151. The van der Waals surface area contributed by atoms with Crippen molar-refractivity contribution in [1.29, 1.82) is 5.41 Å². The number of Topliss-reactive ketones (excluding diaryl/α,β-unsaturated/α-hetero) is 1. The number of carbonyl (C=O) groups is 1. The molecule has 0 amide bonds. The van der Waals surface area contributed by atoms with Crippen LogP contribution in [0.1, 0.15) is 16.9 Å². The predicted molar refractivity (Wildman–Crippen MR) is 41.5 cm³/mol. The van der Waals surface area contributed by atoms with E-state index in [0.29, 0.717) is 11.4 Å². The number of fused-ring (bicyclic) bond motifs is 1. The lowest BCUT2D eigenvalue weighted by molar-refractivity contribution is 0.0981. The van der Waals surface area contributed by atoms with Gasteiger partial charge in [-0.2, -0.15) is 0 Å². The molecule has 4 heteroatoms. The van der Waals surface area contributed by atoms with Crippen LogP contribution in [0.3, 0.4) is 0 Å². The molecule has 0 aliphatic carbocycles. The highest BCUT2D eigenvalue weighted by atomic mass is 16.5. The van der Waals surface area contributed by atoms with Gasteiger partial charge < -0.3 is 4.74 Å². The lowest BCUT2D eigenvalue weighted by atomic mass is 10.1. The second kappa shape index (κ2) is 2.41. The summed E-state index contributed by atoms with van der Waals surface area (Å²) in [6, 6.07) is 3.30. The fourth-order valence-electron chi connectivity index (χ4n) is 1.08. The van der Waals surface area contributed by atoms with E-state index in [9.17, 15) is 4.79 Å². The molecule has 4 nitrogen and oxygen atoms in total. The van der Waals surface area contributed by atoms with Crippen LogP contribution in [0, 0.1) is 5.41 Å². The van der Waals surface area contributed by atoms with Crippen molar-refractivity contribution in [2.45, 2.75) is 6.42 Å². The highest BCUT2D eigenvalue weighted by Gasteiger charge is 2.22. The zero-order valence-electron chi connectivity index (χ0n) is 6.20. The third-order valence-electron chi connectivity index (χ3n) is 1.59. The zero-order valence-corrected chi connectivity index (χ0v) is 6.20. The molecule has 0 spiro atoms. The number of nitrogens with zero attached hydrogens (tertiary/aromatic N) is 1. The van der Waals surface area contributed by atoms with Crippen molar-refractivity contribution >= 4 is 11.7 Å². The summed E-state index contributed by atoms with van der Waals surface area (Å²) in [6.07, 6.45) is 1.55. The monoisotopic (exact) mass is 162 g/mol. The van der Waals surface area contributed by atoms with Crippen LogP contribution in [0.2, 0.25) is 0 Å². The number of ketones is 1. The average Bonchev–Trinajstić information content (AvgIpc) is 2.04. The van der Waals surface area contributed by atoms with Crippen LogP contribution in [0.15, 0.2) is 18.3 Å². The molecule has 12 heavy (non-hydrogen) atoms. The molecular formula is C8H6N2O2. The third kappa shape index (κ3) is 0.972. The largest absolute Gasteiger partial charge is 0.441 e. The van der Waals surface area contributed by atoms with Gasteiger partial charge >= 0.3 is 0 Å². The number of pyridine rings is 1. The van der Waals surface area contributed by atoms with Crippen LogP contribution in [-0.2, 0) is 0 Å². The van der Waals surface area contributed by atoms with Crippen molar-refractivity contribution in [1.82, 2.24) is 4.98 Å². The second-order valence-corrected chi connectivity index (χ2v) is 2.48. The SMILES string of the molecule is N=C1CC(=O)c2ncccc2O1. The molecule has 1 aromatic heterocycles. The molecule has 1 aliphatic rings. The Morgan fingerprint density at radius 2 is 2.42 bits per heavy atom. The molecule has 0 atom stereocenters. The molecule has 1 N–H and O–H groups in total. The summed E-state index contributed by atoms with van der Waals surface area (Å²) < 4.78 is 5.00. The molecule has 2 rings (SSSR count). The molecule has 0 saturated carbocycles. The molecule has 0 unspecified atom stereocenters. The lowest BCUT2D eigenvalue weighted by Crippen LogP contribution is -2.21. The zero-order chi connectivity index (χ0) is 8.55. The Balaban J connectivity index is 2.54. The molecular weight excluding hydrogens is 156 g/mol. The Labute approximate surface area is 68.7 Å². The topological polar surface area (TPSA) is 63.0 Å². The fraction of sp³-hybridized carbons (Fsp3) is 0.125. The molecule has 0 aromatic carbocycles. The van der Waals surface area contributed by atoms with E-state index in [-0.39, 0.29) is 18.1 Å². The van der Waals surface area contributed by atoms with Gasteiger partial charge in [-0.3, -0.25) is 10.2 Å². The molecule has 2 heterocycles. The molecule has 0 saturated heterocycles. The second-order valence-electron chi connectivity index (χ2n) is 2.48. The number of hydrogen-bond donors (Lipinski definition) is 1. The Morgan fingerprint density at radius 3 is 3.25 bits per heavy atom. The summed E-state index contributed by atoms with van der Waals surface area (Å²) in [5, 5.41) is 7.18. The fourth-order valence-corrected chi connectivity index (χ4v) is 1.08. The lowest BCUT2D eigenvalue weighted by Gasteiger charge is -2.14. The maximum atomic E-state index is 11.2. The van der Waals surface area contributed by atoms with Crippen molar-refractivity contribution in [3.8, 4) is 5.75 Å². The Hall–Kier alpha value is -1.71. The summed E-state index contributed by atoms with van der Waals surface area (Å²) >= 11 is 0. The van der Waals surface area contributed by atoms with Gasteiger partial charge in [0.25, 0.3) is 0 Å². The quantitative estimate of drug-likeness (QED) is 0.619. The van der Waals surface area contributed by atoms with Crippen LogP contribution in [-0.4, -0.2) is 16.7 Å². The molecule has 0 bridgehead atoms. The van der Waals surface area contributed by atoms with E-state index in [4.69, 9.17) is 10.1 Å². The summed E-state index contributed by atoms with van der Waals surface area (Å²) in [5.41, 5.74) is 0.327. The van der Waals surface area contributed by atoms with Gasteiger partial charge in [0, 0.05) is 6.20 Å². The van der Waals surface area contributed by atoms with Gasteiger partial charge in [0.05, 0.1) is 6.42 Å². The first-order valence-corrected chi connectivity index (χ1v) is 3.51. The third-order valence-corrected chi connectivity index (χ3v) is 1.59. The molecule has 60 valence electrons. The normalized spacial score (nSPS) is 15.3. The van der Waals surface area contributed by atoms with Gasteiger partial charge in [-0.25, -0.2) is 4.98 Å². The maximum Gasteiger partial charge on any atom is 0.195 e. The van der Waals surface area contributed by atoms with E-state index in [2.05, 4.69) is 4.98 Å². The summed E-state index contributed by atoms with van der Waals surface area (Å²) in [5.74, 6) is 0.223. The number of nitrogens with one attached hydrogen (secondary N) is 1. The number of aromatic nitrogens is 1. The van der Waals surface area contributed by atoms with Crippen LogP contribution in [0.4, 0.5) is 0 Å².